The first-order valence-electron chi connectivity index (χ1n) is 11.7. The molecule has 0 aliphatic carbocycles. The summed E-state index contributed by atoms with van der Waals surface area (Å²) in [5.74, 6) is 2.26. The van der Waals surface area contributed by atoms with Gasteiger partial charge in [-0.15, -0.1) is 0 Å². The van der Waals surface area contributed by atoms with Gasteiger partial charge in [0.2, 0.25) is 5.91 Å². The van der Waals surface area contributed by atoms with Crippen molar-refractivity contribution in [2.24, 2.45) is 11.8 Å². The number of carbonyl (C=O) groups is 1. The normalized spacial score (nSPS) is 24.6. The second-order valence-corrected chi connectivity index (χ2v) is 9.44. The quantitative estimate of drug-likeness (QED) is 0.679. The van der Waals surface area contributed by atoms with Crippen LogP contribution in [0.25, 0.3) is 11.1 Å². The molecule has 2 aliphatic heterocycles. The Morgan fingerprint density at radius 3 is 2.13 bits per heavy atom. The summed E-state index contributed by atoms with van der Waals surface area (Å²) in [4.78, 5) is 16.3. The van der Waals surface area contributed by atoms with Crippen LogP contribution in [0, 0.1) is 11.8 Å². The van der Waals surface area contributed by atoms with Gasteiger partial charge in [0, 0.05) is 32.6 Å². The SMILES string of the molecule is CC(=O)N1CCC(N2CCC(C(C)c3ccc(-c4ccccc4)cc3)C(C)C2)CC1. The molecule has 0 spiro atoms. The van der Waals surface area contributed by atoms with E-state index in [9.17, 15) is 4.79 Å². The number of rotatable bonds is 4. The molecule has 1 amide bonds. The van der Waals surface area contributed by atoms with Crippen LogP contribution in [0.15, 0.2) is 54.6 Å². The number of nitrogens with zero attached hydrogens (tertiary/aromatic N) is 2. The van der Waals surface area contributed by atoms with Crippen LogP contribution in [0.2, 0.25) is 0 Å². The number of piperidine rings is 2. The van der Waals surface area contributed by atoms with Crippen molar-refractivity contribution in [1.29, 1.82) is 0 Å². The number of amides is 1. The second kappa shape index (κ2) is 9.34. The zero-order chi connectivity index (χ0) is 21.1. The summed E-state index contributed by atoms with van der Waals surface area (Å²) >= 11 is 0. The van der Waals surface area contributed by atoms with E-state index in [0.717, 1.165) is 31.8 Å². The third kappa shape index (κ3) is 4.62. The van der Waals surface area contributed by atoms with Crippen LogP contribution >= 0.6 is 0 Å². The van der Waals surface area contributed by atoms with Gasteiger partial charge in [-0.1, -0.05) is 68.4 Å². The summed E-state index contributed by atoms with van der Waals surface area (Å²) in [6, 6.07) is 20.5. The van der Waals surface area contributed by atoms with Gasteiger partial charge in [-0.3, -0.25) is 9.69 Å². The molecule has 2 saturated heterocycles. The van der Waals surface area contributed by atoms with E-state index in [1.165, 1.54) is 36.2 Å². The molecule has 0 N–H and O–H groups in total. The summed E-state index contributed by atoms with van der Waals surface area (Å²) in [6.45, 7) is 10.8. The van der Waals surface area contributed by atoms with E-state index in [2.05, 4.69) is 73.3 Å². The van der Waals surface area contributed by atoms with E-state index in [1.807, 2.05) is 4.90 Å². The molecule has 2 heterocycles. The molecule has 2 aliphatic rings. The first-order chi connectivity index (χ1) is 14.5. The molecule has 3 unspecified atom stereocenters. The van der Waals surface area contributed by atoms with Crippen molar-refractivity contribution in [3.8, 4) is 11.1 Å². The van der Waals surface area contributed by atoms with Crippen molar-refractivity contribution in [2.45, 2.75) is 52.0 Å². The smallest absolute Gasteiger partial charge is 0.219 e. The van der Waals surface area contributed by atoms with Crippen LogP contribution < -0.4 is 0 Å². The van der Waals surface area contributed by atoms with Crippen LogP contribution in [0.3, 0.4) is 0 Å². The van der Waals surface area contributed by atoms with E-state index < -0.39 is 0 Å². The Morgan fingerprint density at radius 1 is 0.900 bits per heavy atom. The van der Waals surface area contributed by atoms with Gasteiger partial charge in [0.05, 0.1) is 0 Å². The Bertz CT molecular complexity index is 824. The molecule has 3 nitrogen and oxygen atoms in total. The van der Waals surface area contributed by atoms with Crippen LogP contribution in [0.1, 0.15) is 51.5 Å². The Balaban J connectivity index is 1.35. The van der Waals surface area contributed by atoms with Crippen molar-refractivity contribution in [3.63, 3.8) is 0 Å². The molecule has 4 rings (SSSR count). The molecule has 0 radical (unpaired) electrons. The van der Waals surface area contributed by atoms with Gasteiger partial charge in [0.25, 0.3) is 0 Å². The lowest BCUT2D eigenvalue weighted by Gasteiger charge is -2.45. The Morgan fingerprint density at radius 2 is 1.53 bits per heavy atom. The van der Waals surface area contributed by atoms with Gasteiger partial charge < -0.3 is 4.90 Å². The summed E-state index contributed by atoms with van der Waals surface area (Å²) in [7, 11) is 0. The highest BCUT2D eigenvalue weighted by Gasteiger charge is 2.34. The third-order valence-corrected chi connectivity index (χ3v) is 7.62. The Hall–Kier alpha value is -2.13. The van der Waals surface area contributed by atoms with Gasteiger partial charge >= 0.3 is 0 Å². The van der Waals surface area contributed by atoms with Crippen molar-refractivity contribution in [1.82, 2.24) is 9.80 Å². The first kappa shape index (κ1) is 21.1. The molecule has 3 atom stereocenters. The number of hydrogen-bond acceptors (Lipinski definition) is 2. The maximum Gasteiger partial charge on any atom is 0.219 e. The fourth-order valence-electron chi connectivity index (χ4n) is 5.67. The topological polar surface area (TPSA) is 23.6 Å². The first-order valence-corrected chi connectivity index (χ1v) is 11.7. The maximum absolute atomic E-state index is 11.6. The number of hydrogen-bond donors (Lipinski definition) is 0. The third-order valence-electron chi connectivity index (χ3n) is 7.62. The molecule has 0 bridgehead atoms. The molecule has 3 heteroatoms. The molecule has 2 aromatic rings. The van der Waals surface area contributed by atoms with Crippen LogP contribution in [-0.4, -0.2) is 47.9 Å². The monoisotopic (exact) mass is 404 g/mol. The number of likely N-dealkylation sites (tertiary alicyclic amines) is 2. The molecule has 160 valence electrons. The summed E-state index contributed by atoms with van der Waals surface area (Å²) < 4.78 is 0. The minimum Gasteiger partial charge on any atom is -0.343 e. The number of carbonyl (C=O) groups excluding carboxylic acids is 1. The Labute approximate surface area is 182 Å². The molecule has 2 aromatic carbocycles. The van der Waals surface area contributed by atoms with E-state index in [1.54, 1.807) is 6.92 Å². The van der Waals surface area contributed by atoms with Gasteiger partial charge in [-0.25, -0.2) is 0 Å². The molecular formula is C27H36N2O. The summed E-state index contributed by atoms with van der Waals surface area (Å²) in [5, 5.41) is 0. The van der Waals surface area contributed by atoms with Crippen molar-refractivity contribution in [2.75, 3.05) is 26.2 Å². The molecule has 2 fully saturated rings. The van der Waals surface area contributed by atoms with Gasteiger partial charge in [0.15, 0.2) is 0 Å². The molecular weight excluding hydrogens is 368 g/mol. The standard InChI is InChI=1S/C27H36N2O/c1-20-19-29(26-13-16-28(17-14-26)22(3)30)18-15-27(20)21(2)23-9-11-25(12-10-23)24-7-5-4-6-8-24/h4-12,20-21,26-27H,13-19H2,1-3H3. The van der Waals surface area contributed by atoms with Gasteiger partial charge in [0.1, 0.15) is 0 Å². The van der Waals surface area contributed by atoms with E-state index in [-0.39, 0.29) is 5.91 Å². The average Bonchev–Trinajstić information content (AvgIpc) is 2.79. The molecule has 30 heavy (non-hydrogen) atoms. The zero-order valence-corrected chi connectivity index (χ0v) is 18.8. The fourth-order valence-corrected chi connectivity index (χ4v) is 5.67. The molecule has 0 saturated carbocycles. The second-order valence-electron chi connectivity index (χ2n) is 9.44. The van der Waals surface area contributed by atoms with E-state index in [4.69, 9.17) is 0 Å². The van der Waals surface area contributed by atoms with Gasteiger partial charge in [-0.05, 0) is 60.3 Å². The van der Waals surface area contributed by atoms with Crippen molar-refractivity contribution >= 4 is 5.91 Å². The highest BCUT2D eigenvalue weighted by molar-refractivity contribution is 5.73. The average molecular weight is 405 g/mol. The minimum absolute atomic E-state index is 0.229. The predicted octanol–water partition coefficient (Wildman–Crippen LogP) is 5.43. The molecule has 0 aromatic heterocycles. The van der Waals surface area contributed by atoms with Crippen molar-refractivity contribution < 1.29 is 4.79 Å². The highest BCUT2D eigenvalue weighted by atomic mass is 16.2. The van der Waals surface area contributed by atoms with Crippen LogP contribution in [0.4, 0.5) is 0 Å². The van der Waals surface area contributed by atoms with E-state index >= 15 is 0 Å². The van der Waals surface area contributed by atoms with E-state index in [0.29, 0.717) is 17.9 Å². The lowest BCUT2D eigenvalue weighted by atomic mass is 9.75. The lowest BCUT2D eigenvalue weighted by Crippen LogP contribution is -2.51. The minimum atomic E-state index is 0.229. The number of benzene rings is 2. The highest BCUT2D eigenvalue weighted by Crippen LogP contribution is 2.37. The largest absolute Gasteiger partial charge is 0.343 e. The zero-order valence-electron chi connectivity index (χ0n) is 18.8. The summed E-state index contributed by atoms with van der Waals surface area (Å²) in [6.07, 6.45) is 3.54. The van der Waals surface area contributed by atoms with Crippen LogP contribution in [0.5, 0.6) is 0 Å². The predicted molar refractivity (Wildman–Crippen MR) is 124 cm³/mol. The van der Waals surface area contributed by atoms with Crippen molar-refractivity contribution in [3.05, 3.63) is 60.2 Å². The Kier molecular flexibility index (Phi) is 6.58. The van der Waals surface area contributed by atoms with Gasteiger partial charge in [-0.2, -0.15) is 0 Å². The maximum atomic E-state index is 11.6. The summed E-state index contributed by atoms with van der Waals surface area (Å²) in [5.41, 5.74) is 4.05. The fraction of sp³-hybridized carbons (Fsp3) is 0.519. The lowest BCUT2D eigenvalue weighted by molar-refractivity contribution is -0.130. The van der Waals surface area contributed by atoms with Crippen LogP contribution in [-0.2, 0) is 4.79 Å².